The van der Waals surface area contributed by atoms with Crippen molar-refractivity contribution in [1.82, 2.24) is 0 Å². The molecule has 1 N–H and O–H groups in total. The van der Waals surface area contributed by atoms with Crippen molar-refractivity contribution in [1.29, 1.82) is 0 Å². The Bertz CT molecular complexity index is 347. The van der Waals surface area contributed by atoms with Crippen LogP contribution >= 0.6 is 0 Å². The Hall–Kier alpha value is -1.02. The summed E-state index contributed by atoms with van der Waals surface area (Å²) in [5, 5.41) is 9.90. The van der Waals surface area contributed by atoms with Gasteiger partial charge in [0.15, 0.2) is 0 Å². The monoisotopic (exact) mass is 220 g/mol. The Morgan fingerprint density at radius 2 is 2.31 bits per heavy atom. The third-order valence-corrected chi connectivity index (χ3v) is 3.17. The molecule has 0 fully saturated rings. The Labute approximate surface area is 97.3 Å². The van der Waals surface area contributed by atoms with Gasteiger partial charge in [0.05, 0.1) is 12.7 Å². The normalized spacial score (nSPS) is 19.2. The number of unbranched alkanes of at least 4 members (excludes halogenated alkanes) is 1. The molecular formula is C14H20O2. The molecule has 0 amide bonds. The van der Waals surface area contributed by atoms with Crippen LogP contribution in [0.15, 0.2) is 18.2 Å². The van der Waals surface area contributed by atoms with E-state index in [1.54, 1.807) is 0 Å². The fraction of sp³-hybridized carbons (Fsp3) is 0.571. The van der Waals surface area contributed by atoms with Crippen molar-refractivity contribution in [2.24, 2.45) is 0 Å². The third kappa shape index (κ3) is 2.56. The lowest BCUT2D eigenvalue weighted by molar-refractivity contribution is 0.156. The van der Waals surface area contributed by atoms with Crippen LogP contribution in [0.2, 0.25) is 0 Å². The van der Waals surface area contributed by atoms with Gasteiger partial charge in [-0.3, -0.25) is 0 Å². The molecule has 0 saturated heterocycles. The number of rotatable bonds is 4. The van der Waals surface area contributed by atoms with Crippen LogP contribution < -0.4 is 4.74 Å². The predicted octanol–water partition coefficient (Wildman–Crippen LogP) is 3.24. The van der Waals surface area contributed by atoms with Gasteiger partial charge in [-0.1, -0.05) is 19.4 Å². The van der Waals surface area contributed by atoms with E-state index < -0.39 is 0 Å². The van der Waals surface area contributed by atoms with Crippen molar-refractivity contribution in [2.75, 3.05) is 6.61 Å². The molecule has 88 valence electrons. The van der Waals surface area contributed by atoms with E-state index in [1.807, 2.05) is 12.1 Å². The fourth-order valence-electron chi connectivity index (χ4n) is 2.18. The van der Waals surface area contributed by atoms with Crippen molar-refractivity contribution >= 4 is 0 Å². The highest BCUT2D eigenvalue weighted by Crippen LogP contribution is 2.32. The number of hydrogen-bond donors (Lipinski definition) is 1. The van der Waals surface area contributed by atoms with Crippen molar-refractivity contribution in [3.63, 3.8) is 0 Å². The van der Waals surface area contributed by atoms with E-state index in [-0.39, 0.29) is 6.10 Å². The first-order valence-corrected chi connectivity index (χ1v) is 6.25. The van der Waals surface area contributed by atoms with E-state index in [9.17, 15) is 5.11 Å². The van der Waals surface area contributed by atoms with Gasteiger partial charge < -0.3 is 9.84 Å². The minimum Gasteiger partial charge on any atom is -0.494 e. The molecule has 1 aromatic carbocycles. The van der Waals surface area contributed by atoms with Crippen LogP contribution in [-0.4, -0.2) is 11.7 Å². The molecule has 16 heavy (non-hydrogen) atoms. The summed E-state index contributed by atoms with van der Waals surface area (Å²) in [4.78, 5) is 0. The molecule has 0 unspecified atom stereocenters. The number of aliphatic hydroxyl groups excluding tert-OH is 1. The molecule has 1 aliphatic carbocycles. The molecule has 1 atom stereocenters. The minimum atomic E-state index is -0.293. The van der Waals surface area contributed by atoms with Crippen molar-refractivity contribution < 1.29 is 9.84 Å². The number of hydrogen-bond acceptors (Lipinski definition) is 2. The maximum absolute atomic E-state index is 9.90. The zero-order valence-corrected chi connectivity index (χ0v) is 9.91. The molecule has 0 aliphatic heterocycles. The van der Waals surface area contributed by atoms with Crippen LogP contribution in [0.4, 0.5) is 0 Å². The van der Waals surface area contributed by atoms with E-state index in [4.69, 9.17) is 4.74 Å². The maximum Gasteiger partial charge on any atom is 0.119 e. The average molecular weight is 220 g/mol. The maximum atomic E-state index is 9.90. The van der Waals surface area contributed by atoms with E-state index in [1.165, 1.54) is 5.56 Å². The summed E-state index contributed by atoms with van der Waals surface area (Å²) in [6.07, 6.45) is 4.99. The van der Waals surface area contributed by atoms with Gasteiger partial charge in [-0.15, -0.1) is 0 Å². The van der Waals surface area contributed by atoms with Gasteiger partial charge in [0.2, 0.25) is 0 Å². The molecular weight excluding hydrogens is 200 g/mol. The van der Waals surface area contributed by atoms with Gasteiger partial charge in [0.1, 0.15) is 5.75 Å². The lowest BCUT2D eigenvalue weighted by atomic mass is 9.89. The summed E-state index contributed by atoms with van der Waals surface area (Å²) in [6, 6.07) is 6.13. The highest BCUT2D eigenvalue weighted by atomic mass is 16.5. The summed E-state index contributed by atoms with van der Waals surface area (Å²) in [6.45, 7) is 2.92. The number of ether oxygens (including phenoxy) is 1. The third-order valence-electron chi connectivity index (χ3n) is 3.17. The van der Waals surface area contributed by atoms with E-state index in [0.29, 0.717) is 0 Å². The second kappa shape index (κ2) is 5.35. The average Bonchev–Trinajstić information content (AvgIpc) is 2.30. The number of benzene rings is 1. The van der Waals surface area contributed by atoms with Crippen LogP contribution in [-0.2, 0) is 6.42 Å². The van der Waals surface area contributed by atoms with Crippen molar-refractivity contribution in [2.45, 2.75) is 45.1 Å². The Morgan fingerprint density at radius 1 is 1.44 bits per heavy atom. The standard InChI is InChI=1S/C14H20O2/c1-2-3-9-16-12-8-7-11-5-4-6-14(15)13(11)10-12/h7-8,10,14-15H,2-6,9H2,1H3/t14-/m1/s1. The summed E-state index contributed by atoms with van der Waals surface area (Å²) >= 11 is 0. The molecule has 0 heterocycles. The zero-order chi connectivity index (χ0) is 11.4. The number of aliphatic hydroxyl groups is 1. The zero-order valence-electron chi connectivity index (χ0n) is 9.91. The number of fused-ring (bicyclic) bond motifs is 1. The highest BCUT2D eigenvalue weighted by Gasteiger charge is 2.18. The van der Waals surface area contributed by atoms with E-state index in [0.717, 1.165) is 50.0 Å². The van der Waals surface area contributed by atoms with Gasteiger partial charge in [-0.25, -0.2) is 0 Å². The molecule has 1 aliphatic rings. The van der Waals surface area contributed by atoms with Crippen LogP contribution in [0, 0.1) is 0 Å². The summed E-state index contributed by atoms with van der Waals surface area (Å²) in [5.41, 5.74) is 2.35. The summed E-state index contributed by atoms with van der Waals surface area (Å²) in [5.74, 6) is 0.896. The van der Waals surface area contributed by atoms with Gasteiger partial charge in [0.25, 0.3) is 0 Å². The van der Waals surface area contributed by atoms with Gasteiger partial charge in [-0.2, -0.15) is 0 Å². The first-order chi connectivity index (χ1) is 7.81. The second-order valence-corrected chi connectivity index (χ2v) is 4.47. The molecule has 2 rings (SSSR count). The van der Waals surface area contributed by atoms with E-state index >= 15 is 0 Å². The molecule has 1 aromatic rings. The SMILES string of the molecule is CCCCOc1ccc2c(c1)[C@H](O)CCC2. The van der Waals surface area contributed by atoms with Gasteiger partial charge >= 0.3 is 0 Å². The quantitative estimate of drug-likeness (QED) is 0.789. The van der Waals surface area contributed by atoms with Crippen LogP contribution in [0.1, 0.15) is 49.8 Å². The smallest absolute Gasteiger partial charge is 0.119 e. The van der Waals surface area contributed by atoms with Crippen LogP contribution in [0.3, 0.4) is 0 Å². The van der Waals surface area contributed by atoms with Gasteiger partial charge in [-0.05, 0) is 48.9 Å². The Morgan fingerprint density at radius 3 is 3.12 bits per heavy atom. The predicted molar refractivity (Wildman–Crippen MR) is 64.7 cm³/mol. The lowest BCUT2D eigenvalue weighted by Crippen LogP contribution is -2.09. The summed E-state index contributed by atoms with van der Waals surface area (Å²) in [7, 11) is 0. The number of aryl methyl sites for hydroxylation is 1. The molecule has 0 spiro atoms. The molecule has 0 bridgehead atoms. The second-order valence-electron chi connectivity index (χ2n) is 4.47. The minimum absolute atomic E-state index is 0.293. The van der Waals surface area contributed by atoms with Gasteiger partial charge in [0, 0.05) is 0 Å². The highest BCUT2D eigenvalue weighted by molar-refractivity contribution is 5.38. The van der Waals surface area contributed by atoms with Crippen molar-refractivity contribution in [3.8, 4) is 5.75 Å². The first-order valence-electron chi connectivity index (χ1n) is 6.25. The first kappa shape index (κ1) is 11.5. The van der Waals surface area contributed by atoms with E-state index in [2.05, 4.69) is 13.0 Å². The lowest BCUT2D eigenvalue weighted by Gasteiger charge is -2.21. The summed E-state index contributed by atoms with van der Waals surface area (Å²) < 4.78 is 5.65. The molecule has 2 heteroatoms. The van der Waals surface area contributed by atoms with Crippen LogP contribution in [0.5, 0.6) is 5.75 Å². The molecule has 0 aromatic heterocycles. The molecule has 0 radical (unpaired) electrons. The molecule has 0 saturated carbocycles. The van der Waals surface area contributed by atoms with Crippen LogP contribution in [0.25, 0.3) is 0 Å². The largest absolute Gasteiger partial charge is 0.494 e. The molecule has 2 nitrogen and oxygen atoms in total. The Kier molecular flexibility index (Phi) is 3.83. The Balaban J connectivity index is 2.08. The fourth-order valence-corrected chi connectivity index (χ4v) is 2.18. The topological polar surface area (TPSA) is 29.5 Å². The van der Waals surface area contributed by atoms with Crippen molar-refractivity contribution in [3.05, 3.63) is 29.3 Å².